The minimum absolute atomic E-state index is 0. The van der Waals surface area contributed by atoms with Gasteiger partial charge in [0.05, 0.1) is 6.54 Å². The fraction of sp³-hybridized carbons (Fsp3) is 0.500. The highest BCUT2D eigenvalue weighted by Gasteiger charge is 2.21. The number of fused-ring (bicyclic) bond motifs is 1. The highest BCUT2D eigenvalue weighted by atomic mass is 35.5. The van der Waals surface area contributed by atoms with Gasteiger partial charge in [0.2, 0.25) is 5.91 Å². The molecule has 0 saturated carbocycles. The molecule has 2 heterocycles. The van der Waals surface area contributed by atoms with Crippen molar-refractivity contribution in [2.24, 2.45) is 0 Å². The number of nitrogens with one attached hydrogen (secondary N) is 3. The molecular weight excluding hydrogens is 348 g/mol. The number of halogens is 1. The number of piperazine rings is 1. The Bertz CT molecular complexity index is 628. The largest absolute Gasteiger partial charge is 0.486 e. The number of carbonyl (C=O) groups is 2. The molecular formula is C16H23ClN4O4. The van der Waals surface area contributed by atoms with Crippen LogP contribution in [0.4, 0.5) is 10.5 Å². The number of imide groups is 1. The molecule has 3 amide bonds. The SMILES string of the molecule is C[C@@H]1CNCCN1CC(=O)NC(=O)Nc1ccc2c(c1)OCCO2.Cl. The molecule has 0 radical (unpaired) electrons. The molecule has 138 valence electrons. The number of ether oxygens (including phenoxy) is 2. The molecule has 1 atom stereocenters. The fourth-order valence-electron chi connectivity index (χ4n) is 2.75. The van der Waals surface area contributed by atoms with Crippen LogP contribution in [0.15, 0.2) is 18.2 Å². The zero-order valence-corrected chi connectivity index (χ0v) is 14.9. The number of nitrogens with zero attached hydrogens (tertiary/aromatic N) is 1. The van der Waals surface area contributed by atoms with Gasteiger partial charge in [0.1, 0.15) is 13.2 Å². The van der Waals surface area contributed by atoms with E-state index in [0.717, 1.165) is 19.6 Å². The van der Waals surface area contributed by atoms with E-state index in [0.29, 0.717) is 30.4 Å². The first kappa shape index (κ1) is 19.3. The molecule has 3 N–H and O–H groups in total. The summed E-state index contributed by atoms with van der Waals surface area (Å²) in [4.78, 5) is 26.0. The van der Waals surface area contributed by atoms with Gasteiger partial charge >= 0.3 is 6.03 Å². The molecule has 1 aromatic carbocycles. The predicted octanol–water partition coefficient (Wildman–Crippen LogP) is 0.821. The molecule has 9 heteroatoms. The van der Waals surface area contributed by atoms with E-state index in [1.54, 1.807) is 18.2 Å². The first-order valence-electron chi connectivity index (χ1n) is 8.07. The molecule has 0 aromatic heterocycles. The third-order valence-electron chi connectivity index (χ3n) is 4.04. The standard InChI is InChI=1S/C16H22N4O4.ClH/c1-11-9-17-4-5-20(11)10-15(21)19-16(22)18-12-2-3-13-14(8-12)24-7-6-23-13;/h2-3,8,11,17H,4-7,9-10H2,1H3,(H2,18,19,21,22);1H/t11-;/m1./s1. The minimum Gasteiger partial charge on any atom is -0.486 e. The van der Waals surface area contributed by atoms with Crippen LogP contribution in [0.5, 0.6) is 11.5 Å². The van der Waals surface area contributed by atoms with Crippen LogP contribution in [0.2, 0.25) is 0 Å². The molecule has 1 aromatic rings. The molecule has 2 aliphatic heterocycles. The Morgan fingerprint density at radius 3 is 2.80 bits per heavy atom. The van der Waals surface area contributed by atoms with Crippen molar-refractivity contribution in [3.05, 3.63) is 18.2 Å². The van der Waals surface area contributed by atoms with Crippen LogP contribution in [0.25, 0.3) is 0 Å². The van der Waals surface area contributed by atoms with Crippen molar-refractivity contribution in [3.8, 4) is 11.5 Å². The molecule has 1 fully saturated rings. The third kappa shape index (κ3) is 5.22. The molecule has 0 bridgehead atoms. The second kappa shape index (κ2) is 8.89. The Hall–Kier alpha value is -2.03. The lowest BCUT2D eigenvalue weighted by atomic mass is 10.2. The van der Waals surface area contributed by atoms with E-state index in [1.165, 1.54) is 0 Å². The van der Waals surface area contributed by atoms with Gasteiger partial charge in [0.15, 0.2) is 11.5 Å². The topological polar surface area (TPSA) is 91.9 Å². The van der Waals surface area contributed by atoms with E-state index in [1.807, 2.05) is 4.90 Å². The van der Waals surface area contributed by atoms with Crippen molar-refractivity contribution >= 4 is 30.0 Å². The number of carbonyl (C=O) groups excluding carboxylic acids is 2. The Kier molecular flexibility index (Phi) is 6.86. The molecule has 1 saturated heterocycles. The van der Waals surface area contributed by atoms with Gasteiger partial charge in [-0.1, -0.05) is 0 Å². The Morgan fingerprint density at radius 1 is 1.28 bits per heavy atom. The van der Waals surface area contributed by atoms with Gasteiger partial charge in [-0.15, -0.1) is 12.4 Å². The summed E-state index contributed by atoms with van der Waals surface area (Å²) >= 11 is 0. The second-order valence-electron chi connectivity index (χ2n) is 5.88. The lowest BCUT2D eigenvalue weighted by molar-refractivity contribution is -0.121. The lowest BCUT2D eigenvalue weighted by Gasteiger charge is -2.33. The molecule has 2 aliphatic rings. The quantitative estimate of drug-likeness (QED) is 0.729. The molecule has 0 spiro atoms. The summed E-state index contributed by atoms with van der Waals surface area (Å²) in [6.07, 6.45) is 0. The number of amides is 3. The summed E-state index contributed by atoms with van der Waals surface area (Å²) in [5, 5.41) is 8.25. The summed E-state index contributed by atoms with van der Waals surface area (Å²) in [5.41, 5.74) is 0.542. The Labute approximate surface area is 152 Å². The maximum absolute atomic E-state index is 12.0. The zero-order valence-electron chi connectivity index (χ0n) is 14.0. The van der Waals surface area contributed by atoms with Crippen LogP contribution >= 0.6 is 12.4 Å². The van der Waals surface area contributed by atoms with Gasteiger partial charge < -0.3 is 20.1 Å². The van der Waals surface area contributed by atoms with Gasteiger partial charge in [0, 0.05) is 37.4 Å². The van der Waals surface area contributed by atoms with Crippen molar-refractivity contribution in [2.45, 2.75) is 13.0 Å². The summed E-state index contributed by atoms with van der Waals surface area (Å²) < 4.78 is 10.9. The van der Waals surface area contributed by atoms with Crippen LogP contribution in [-0.4, -0.2) is 62.3 Å². The summed E-state index contributed by atoms with van der Waals surface area (Å²) in [6, 6.07) is 4.83. The molecule has 3 rings (SSSR count). The van der Waals surface area contributed by atoms with Crippen molar-refractivity contribution in [2.75, 3.05) is 44.7 Å². The van der Waals surface area contributed by atoms with Crippen LogP contribution in [0.1, 0.15) is 6.92 Å². The van der Waals surface area contributed by atoms with E-state index in [-0.39, 0.29) is 30.9 Å². The number of rotatable bonds is 3. The normalized spacial score (nSPS) is 19.5. The number of benzene rings is 1. The summed E-state index contributed by atoms with van der Waals surface area (Å²) in [6.45, 7) is 5.73. The average molecular weight is 371 g/mol. The maximum Gasteiger partial charge on any atom is 0.325 e. The van der Waals surface area contributed by atoms with Crippen LogP contribution in [0, 0.1) is 0 Å². The van der Waals surface area contributed by atoms with E-state index < -0.39 is 6.03 Å². The second-order valence-corrected chi connectivity index (χ2v) is 5.88. The summed E-state index contributed by atoms with van der Waals surface area (Å²) in [7, 11) is 0. The van der Waals surface area contributed by atoms with E-state index in [2.05, 4.69) is 22.9 Å². The molecule has 8 nitrogen and oxygen atoms in total. The molecule has 0 unspecified atom stereocenters. The predicted molar refractivity (Wildman–Crippen MR) is 95.7 cm³/mol. The van der Waals surface area contributed by atoms with Gasteiger partial charge in [-0.3, -0.25) is 15.0 Å². The van der Waals surface area contributed by atoms with Crippen LogP contribution in [0.3, 0.4) is 0 Å². The number of urea groups is 1. The molecule has 25 heavy (non-hydrogen) atoms. The highest BCUT2D eigenvalue weighted by molar-refractivity contribution is 6.01. The van der Waals surface area contributed by atoms with Gasteiger partial charge in [-0.05, 0) is 19.1 Å². The number of anilines is 1. The summed E-state index contributed by atoms with van der Waals surface area (Å²) in [5.74, 6) is 0.912. The number of hydrogen-bond acceptors (Lipinski definition) is 6. The lowest BCUT2D eigenvalue weighted by Crippen LogP contribution is -2.53. The van der Waals surface area contributed by atoms with E-state index >= 15 is 0 Å². The van der Waals surface area contributed by atoms with E-state index in [4.69, 9.17) is 9.47 Å². The van der Waals surface area contributed by atoms with Gasteiger partial charge in [0.25, 0.3) is 0 Å². The van der Waals surface area contributed by atoms with Gasteiger partial charge in [-0.2, -0.15) is 0 Å². The molecule has 0 aliphatic carbocycles. The Morgan fingerprint density at radius 2 is 2.04 bits per heavy atom. The Balaban J connectivity index is 0.00000225. The fourth-order valence-corrected chi connectivity index (χ4v) is 2.75. The highest BCUT2D eigenvalue weighted by Crippen LogP contribution is 2.32. The first-order chi connectivity index (χ1) is 11.6. The number of hydrogen-bond donors (Lipinski definition) is 3. The van der Waals surface area contributed by atoms with Gasteiger partial charge in [-0.25, -0.2) is 4.79 Å². The van der Waals surface area contributed by atoms with Crippen molar-refractivity contribution in [1.82, 2.24) is 15.5 Å². The third-order valence-corrected chi connectivity index (χ3v) is 4.04. The smallest absolute Gasteiger partial charge is 0.325 e. The van der Waals surface area contributed by atoms with Crippen LogP contribution < -0.4 is 25.4 Å². The van der Waals surface area contributed by atoms with Crippen LogP contribution in [-0.2, 0) is 4.79 Å². The maximum atomic E-state index is 12.0. The van der Waals surface area contributed by atoms with Crippen molar-refractivity contribution in [1.29, 1.82) is 0 Å². The minimum atomic E-state index is -0.556. The monoisotopic (exact) mass is 370 g/mol. The van der Waals surface area contributed by atoms with Crippen molar-refractivity contribution in [3.63, 3.8) is 0 Å². The van der Waals surface area contributed by atoms with E-state index in [9.17, 15) is 9.59 Å². The first-order valence-corrected chi connectivity index (χ1v) is 8.07. The van der Waals surface area contributed by atoms with Crippen molar-refractivity contribution < 1.29 is 19.1 Å². The zero-order chi connectivity index (χ0) is 16.9. The average Bonchev–Trinajstić information content (AvgIpc) is 2.56.